The maximum Gasteiger partial charge on any atom is 0.255 e. The molecule has 1 N–H and O–H groups in total. The highest BCUT2D eigenvalue weighted by Gasteiger charge is 2.31. The number of carbonyl (C=O) groups is 2. The highest BCUT2D eigenvalue weighted by Crippen LogP contribution is 2.29. The number of anilines is 1. The Hall–Kier alpha value is -2.11. The third-order valence-corrected chi connectivity index (χ3v) is 5.18. The zero-order chi connectivity index (χ0) is 17.5. The summed E-state index contributed by atoms with van der Waals surface area (Å²) in [5.74, 6) is 0.937. The summed E-state index contributed by atoms with van der Waals surface area (Å²) in [4.78, 5) is 32.3. The maximum absolute atomic E-state index is 12.8. The van der Waals surface area contributed by atoms with E-state index in [9.17, 15) is 9.59 Å². The van der Waals surface area contributed by atoms with Crippen LogP contribution < -0.4 is 5.32 Å². The third-order valence-electron chi connectivity index (χ3n) is 5.18. The molecule has 1 fully saturated rings. The van der Waals surface area contributed by atoms with Gasteiger partial charge in [-0.2, -0.15) is 0 Å². The van der Waals surface area contributed by atoms with Gasteiger partial charge in [0.05, 0.1) is 11.6 Å². The van der Waals surface area contributed by atoms with Gasteiger partial charge in [0.25, 0.3) is 5.91 Å². The lowest BCUT2D eigenvalue weighted by Gasteiger charge is -2.33. The van der Waals surface area contributed by atoms with Crippen LogP contribution >= 0.6 is 0 Å². The van der Waals surface area contributed by atoms with Crippen molar-refractivity contribution in [1.29, 1.82) is 0 Å². The average Bonchev–Trinajstić information content (AvgIpc) is 3.01. The monoisotopic (exact) mass is 346 g/mol. The van der Waals surface area contributed by atoms with E-state index in [1.807, 2.05) is 11.0 Å². The zero-order valence-corrected chi connectivity index (χ0v) is 14.9. The van der Waals surface area contributed by atoms with Gasteiger partial charge in [-0.05, 0) is 44.7 Å². The number of hydrogen-bond donors (Lipinski definition) is 1. The minimum absolute atomic E-state index is 0. The summed E-state index contributed by atoms with van der Waals surface area (Å²) in [5.41, 5.74) is 1.79. The molecule has 1 aromatic heterocycles. The van der Waals surface area contributed by atoms with Crippen molar-refractivity contribution in [3.8, 4) is 0 Å². The zero-order valence-electron chi connectivity index (χ0n) is 14.9. The lowest BCUT2D eigenvalue weighted by Crippen LogP contribution is -2.39. The van der Waals surface area contributed by atoms with Crippen LogP contribution in [0, 0.1) is 0 Å². The molecular weight excluding hydrogens is 316 g/mol. The summed E-state index contributed by atoms with van der Waals surface area (Å²) in [7, 11) is 1.80. The number of amides is 2. The molecular formula is C19H30N4O2. The second kappa shape index (κ2) is 7.02. The van der Waals surface area contributed by atoms with E-state index in [1.54, 1.807) is 25.1 Å². The molecule has 3 heterocycles. The quantitative estimate of drug-likeness (QED) is 0.894. The molecule has 0 aromatic carbocycles. The van der Waals surface area contributed by atoms with Crippen LogP contribution in [0.25, 0.3) is 0 Å². The summed E-state index contributed by atoms with van der Waals surface area (Å²) >= 11 is 0. The smallest absolute Gasteiger partial charge is 0.255 e. The second-order valence-corrected chi connectivity index (χ2v) is 7.56. The Labute approximate surface area is 150 Å². The molecule has 0 bridgehead atoms. The van der Waals surface area contributed by atoms with Gasteiger partial charge >= 0.3 is 0 Å². The molecule has 138 valence electrons. The number of fused-ring (bicyclic) bond motifs is 1. The van der Waals surface area contributed by atoms with Crippen LogP contribution in [0.4, 0.5) is 5.82 Å². The molecule has 2 amide bonds. The second-order valence-electron chi connectivity index (χ2n) is 7.56. The SMILES string of the molecule is C.CC(=O)N(C)[C@H]1CCN(C(=O)c2cnc3c(c2)CCC(C)(C)N3)C1. The summed E-state index contributed by atoms with van der Waals surface area (Å²) in [6.45, 7) is 7.16. The van der Waals surface area contributed by atoms with E-state index in [0.717, 1.165) is 30.6 Å². The largest absolute Gasteiger partial charge is 0.365 e. The predicted octanol–water partition coefficient (Wildman–Crippen LogP) is 2.55. The number of aryl methyl sites for hydroxylation is 1. The number of pyridine rings is 1. The molecule has 6 heteroatoms. The fourth-order valence-corrected chi connectivity index (χ4v) is 3.44. The van der Waals surface area contributed by atoms with Crippen molar-refractivity contribution < 1.29 is 9.59 Å². The van der Waals surface area contributed by atoms with Crippen molar-refractivity contribution in [2.24, 2.45) is 0 Å². The lowest BCUT2D eigenvalue weighted by atomic mass is 9.91. The molecule has 1 aromatic rings. The van der Waals surface area contributed by atoms with E-state index in [1.165, 1.54) is 0 Å². The van der Waals surface area contributed by atoms with E-state index >= 15 is 0 Å². The van der Waals surface area contributed by atoms with Crippen LogP contribution in [-0.2, 0) is 11.2 Å². The Morgan fingerprint density at radius 1 is 1.40 bits per heavy atom. The molecule has 0 spiro atoms. The molecule has 0 radical (unpaired) electrons. The Kier molecular flexibility index (Phi) is 5.40. The molecule has 0 saturated carbocycles. The third kappa shape index (κ3) is 3.94. The van der Waals surface area contributed by atoms with Crippen LogP contribution in [-0.4, -0.2) is 58.3 Å². The molecule has 0 unspecified atom stereocenters. The first-order valence-corrected chi connectivity index (χ1v) is 8.56. The van der Waals surface area contributed by atoms with Gasteiger partial charge in [-0.25, -0.2) is 4.98 Å². The Morgan fingerprint density at radius 3 is 2.80 bits per heavy atom. The van der Waals surface area contributed by atoms with Gasteiger partial charge in [-0.15, -0.1) is 0 Å². The molecule has 25 heavy (non-hydrogen) atoms. The van der Waals surface area contributed by atoms with Crippen LogP contribution in [0.15, 0.2) is 12.3 Å². The number of likely N-dealkylation sites (tertiary alicyclic amines) is 1. The summed E-state index contributed by atoms with van der Waals surface area (Å²) < 4.78 is 0. The van der Waals surface area contributed by atoms with Gasteiger partial charge in [0.15, 0.2) is 0 Å². The van der Waals surface area contributed by atoms with Crippen molar-refractivity contribution in [2.75, 3.05) is 25.5 Å². The fraction of sp³-hybridized carbons (Fsp3) is 0.632. The minimum Gasteiger partial charge on any atom is -0.365 e. The molecule has 2 aliphatic heterocycles. The van der Waals surface area contributed by atoms with E-state index in [2.05, 4.69) is 24.1 Å². The van der Waals surface area contributed by atoms with Crippen molar-refractivity contribution in [3.63, 3.8) is 0 Å². The van der Waals surface area contributed by atoms with Crippen LogP contribution in [0.2, 0.25) is 0 Å². The Balaban J connectivity index is 0.00000225. The molecule has 0 aliphatic carbocycles. The van der Waals surface area contributed by atoms with Gasteiger partial charge in [-0.3, -0.25) is 9.59 Å². The van der Waals surface area contributed by atoms with E-state index < -0.39 is 0 Å². The number of nitrogens with one attached hydrogen (secondary N) is 1. The first-order valence-electron chi connectivity index (χ1n) is 8.56. The van der Waals surface area contributed by atoms with E-state index in [4.69, 9.17) is 0 Å². The predicted molar refractivity (Wildman–Crippen MR) is 99.7 cm³/mol. The van der Waals surface area contributed by atoms with Crippen molar-refractivity contribution >= 4 is 17.6 Å². The standard InChI is InChI=1S/C18H26N4O2.CH4/c1-12(23)21(4)15-6-8-22(11-15)17(24)14-9-13-5-7-18(2,3)20-16(13)19-10-14;/h9-10,15H,5-8,11H2,1-4H3,(H,19,20);1H4/t15-;/m0./s1. The summed E-state index contributed by atoms with van der Waals surface area (Å²) in [6.07, 6.45) is 4.45. The van der Waals surface area contributed by atoms with Gasteiger partial charge in [-0.1, -0.05) is 7.43 Å². The summed E-state index contributed by atoms with van der Waals surface area (Å²) in [5, 5.41) is 3.43. The van der Waals surface area contributed by atoms with Crippen molar-refractivity contribution in [1.82, 2.24) is 14.8 Å². The Bertz CT molecular complexity index is 671. The van der Waals surface area contributed by atoms with E-state index in [-0.39, 0.29) is 30.8 Å². The van der Waals surface area contributed by atoms with Crippen LogP contribution in [0.3, 0.4) is 0 Å². The number of carbonyl (C=O) groups excluding carboxylic acids is 2. The number of hydrogen-bond acceptors (Lipinski definition) is 4. The topological polar surface area (TPSA) is 65.5 Å². The van der Waals surface area contributed by atoms with E-state index in [0.29, 0.717) is 18.7 Å². The highest BCUT2D eigenvalue weighted by molar-refractivity contribution is 5.94. The molecule has 1 saturated heterocycles. The highest BCUT2D eigenvalue weighted by atomic mass is 16.2. The first-order chi connectivity index (χ1) is 11.3. The van der Waals surface area contributed by atoms with Crippen LogP contribution in [0.1, 0.15) is 57.0 Å². The van der Waals surface area contributed by atoms with Crippen molar-refractivity contribution in [2.45, 2.75) is 59.0 Å². The summed E-state index contributed by atoms with van der Waals surface area (Å²) in [6, 6.07) is 2.08. The van der Waals surface area contributed by atoms with Crippen molar-refractivity contribution in [3.05, 3.63) is 23.4 Å². The first kappa shape index (κ1) is 19.2. The number of nitrogens with zero attached hydrogens (tertiary/aromatic N) is 3. The van der Waals surface area contributed by atoms with Gasteiger partial charge in [0, 0.05) is 38.8 Å². The van der Waals surface area contributed by atoms with Gasteiger partial charge < -0.3 is 15.1 Å². The average molecular weight is 346 g/mol. The van der Waals surface area contributed by atoms with Gasteiger partial charge in [0.1, 0.15) is 5.82 Å². The molecule has 2 aliphatic rings. The molecule has 3 rings (SSSR count). The Morgan fingerprint density at radius 2 is 2.12 bits per heavy atom. The van der Waals surface area contributed by atoms with Gasteiger partial charge in [0.2, 0.25) is 5.91 Å². The maximum atomic E-state index is 12.8. The normalized spacial score (nSPS) is 21.0. The minimum atomic E-state index is 0. The molecule has 1 atom stereocenters. The fourth-order valence-electron chi connectivity index (χ4n) is 3.44. The van der Waals surface area contributed by atoms with Crippen LogP contribution in [0.5, 0.6) is 0 Å². The number of likely N-dealkylation sites (N-methyl/N-ethyl adjacent to an activating group) is 1. The molecule has 6 nitrogen and oxygen atoms in total. The lowest BCUT2D eigenvalue weighted by molar-refractivity contribution is -0.129. The number of rotatable bonds is 2. The number of aromatic nitrogens is 1.